The fourth-order valence-electron chi connectivity index (χ4n) is 2.25. The number of aromatic nitrogens is 1. The molecule has 0 saturated heterocycles. The highest BCUT2D eigenvalue weighted by Gasteiger charge is 2.09. The van der Waals surface area contributed by atoms with Crippen LogP contribution in [-0.2, 0) is 11.2 Å². The molecule has 0 aliphatic heterocycles. The van der Waals surface area contributed by atoms with E-state index in [1.807, 2.05) is 13.0 Å². The van der Waals surface area contributed by atoms with Crippen molar-refractivity contribution in [2.45, 2.75) is 20.3 Å². The average molecular weight is 361 g/mol. The third kappa shape index (κ3) is 3.86. The quantitative estimate of drug-likeness (QED) is 0.708. The van der Waals surface area contributed by atoms with Crippen LogP contribution in [0.2, 0.25) is 5.02 Å². The zero-order valence-electron chi connectivity index (χ0n) is 13.4. The third-order valence-electron chi connectivity index (χ3n) is 3.61. The molecule has 1 heterocycles. The Balaban J connectivity index is 1.63. The molecular formula is C18H17ClN2O2S. The van der Waals surface area contributed by atoms with Gasteiger partial charge in [0.1, 0.15) is 5.75 Å². The molecule has 1 amide bonds. The summed E-state index contributed by atoms with van der Waals surface area (Å²) in [6.45, 7) is 3.93. The fourth-order valence-corrected chi connectivity index (χ4v) is 3.32. The Morgan fingerprint density at radius 3 is 2.88 bits per heavy atom. The molecule has 0 fully saturated rings. The Labute approximate surface area is 149 Å². The first-order chi connectivity index (χ1) is 11.5. The van der Waals surface area contributed by atoms with Crippen LogP contribution in [0.25, 0.3) is 10.2 Å². The minimum absolute atomic E-state index is 0.0722. The summed E-state index contributed by atoms with van der Waals surface area (Å²) in [6, 6.07) is 11.4. The molecule has 2 aromatic carbocycles. The van der Waals surface area contributed by atoms with E-state index in [9.17, 15) is 4.79 Å². The Morgan fingerprint density at radius 2 is 2.12 bits per heavy atom. The van der Waals surface area contributed by atoms with E-state index >= 15 is 0 Å². The predicted octanol–water partition coefficient (Wildman–Crippen LogP) is 4.84. The Bertz CT molecular complexity index is 892. The monoisotopic (exact) mass is 360 g/mol. The first-order valence-corrected chi connectivity index (χ1v) is 8.83. The molecule has 0 radical (unpaired) electrons. The number of ether oxygens (including phenoxy) is 1. The molecule has 0 aliphatic carbocycles. The normalized spacial score (nSPS) is 10.8. The zero-order chi connectivity index (χ0) is 17.1. The van der Waals surface area contributed by atoms with E-state index in [0.717, 1.165) is 22.2 Å². The van der Waals surface area contributed by atoms with Gasteiger partial charge in [0.25, 0.3) is 5.91 Å². The molecule has 4 nitrogen and oxygen atoms in total. The van der Waals surface area contributed by atoms with E-state index in [4.69, 9.17) is 16.3 Å². The highest BCUT2D eigenvalue weighted by atomic mass is 35.5. The van der Waals surface area contributed by atoms with Gasteiger partial charge in [0, 0.05) is 5.02 Å². The van der Waals surface area contributed by atoms with E-state index in [2.05, 4.69) is 29.4 Å². The van der Waals surface area contributed by atoms with Gasteiger partial charge in [0.2, 0.25) is 0 Å². The maximum absolute atomic E-state index is 12.0. The molecule has 24 heavy (non-hydrogen) atoms. The standard InChI is InChI=1S/C18H17ClN2O2S/c1-3-12-4-7-15-16(9-12)24-18(20-15)21-17(22)10-23-13-5-6-14(19)11(2)8-13/h4-9H,3,10H2,1-2H3,(H,20,21,22). The molecule has 0 aliphatic rings. The number of carbonyl (C=O) groups is 1. The van der Waals surface area contributed by atoms with E-state index in [1.54, 1.807) is 18.2 Å². The smallest absolute Gasteiger partial charge is 0.264 e. The van der Waals surface area contributed by atoms with Gasteiger partial charge in [0.05, 0.1) is 10.2 Å². The summed E-state index contributed by atoms with van der Waals surface area (Å²) in [4.78, 5) is 16.5. The summed E-state index contributed by atoms with van der Waals surface area (Å²) in [6.07, 6.45) is 0.976. The number of hydrogen-bond acceptors (Lipinski definition) is 4. The molecule has 1 aromatic heterocycles. The van der Waals surface area contributed by atoms with Gasteiger partial charge in [-0.2, -0.15) is 0 Å². The number of benzene rings is 2. The molecule has 1 N–H and O–H groups in total. The number of fused-ring (bicyclic) bond motifs is 1. The van der Waals surface area contributed by atoms with Crippen LogP contribution in [-0.4, -0.2) is 17.5 Å². The summed E-state index contributed by atoms with van der Waals surface area (Å²) in [5.41, 5.74) is 3.06. The van der Waals surface area contributed by atoms with Crippen LogP contribution >= 0.6 is 22.9 Å². The Hall–Kier alpha value is -2.11. The van der Waals surface area contributed by atoms with Crippen LogP contribution in [0.15, 0.2) is 36.4 Å². The van der Waals surface area contributed by atoms with E-state index in [1.165, 1.54) is 16.9 Å². The van der Waals surface area contributed by atoms with Crippen LogP contribution in [0.5, 0.6) is 5.75 Å². The summed E-state index contributed by atoms with van der Waals surface area (Å²) < 4.78 is 6.56. The van der Waals surface area contributed by atoms with Crippen molar-refractivity contribution in [2.75, 3.05) is 11.9 Å². The van der Waals surface area contributed by atoms with Gasteiger partial charge in [0.15, 0.2) is 11.7 Å². The molecule has 3 rings (SSSR count). The summed E-state index contributed by atoms with van der Waals surface area (Å²) in [5.74, 6) is 0.376. The van der Waals surface area contributed by atoms with Crippen LogP contribution in [0.1, 0.15) is 18.1 Å². The average Bonchev–Trinajstić information content (AvgIpc) is 2.97. The zero-order valence-corrected chi connectivity index (χ0v) is 15.0. The second-order valence-electron chi connectivity index (χ2n) is 5.42. The second kappa shape index (κ2) is 7.20. The number of carbonyl (C=O) groups excluding carboxylic acids is 1. The largest absolute Gasteiger partial charge is 0.484 e. The minimum Gasteiger partial charge on any atom is -0.484 e. The van der Waals surface area contributed by atoms with Crippen molar-refractivity contribution < 1.29 is 9.53 Å². The lowest BCUT2D eigenvalue weighted by molar-refractivity contribution is -0.118. The lowest BCUT2D eigenvalue weighted by Gasteiger charge is -2.07. The molecule has 3 aromatic rings. The van der Waals surface area contributed by atoms with Gasteiger partial charge >= 0.3 is 0 Å². The molecule has 6 heteroatoms. The van der Waals surface area contributed by atoms with E-state index in [-0.39, 0.29) is 12.5 Å². The van der Waals surface area contributed by atoms with Crippen LogP contribution in [0.4, 0.5) is 5.13 Å². The molecular weight excluding hydrogens is 344 g/mol. The van der Waals surface area contributed by atoms with Crippen LogP contribution < -0.4 is 10.1 Å². The second-order valence-corrected chi connectivity index (χ2v) is 6.86. The predicted molar refractivity (Wildman–Crippen MR) is 99.3 cm³/mol. The topological polar surface area (TPSA) is 51.2 Å². The van der Waals surface area contributed by atoms with Crippen molar-refractivity contribution in [2.24, 2.45) is 0 Å². The first kappa shape index (κ1) is 16.7. The number of rotatable bonds is 5. The van der Waals surface area contributed by atoms with Gasteiger partial charge in [-0.05, 0) is 54.8 Å². The molecule has 0 bridgehead atoms. The molecule has 124 valence electrons. The Kier molecular flexibility index (Phi) is 5.02. The van der Waals surface area contributed by atoms with E-state index < -0.39 is 0 Å². The van der Waals surface area contributed by atoms with Crippen molar-refractivity contribution >= 4 is 44.2 Å². The summed E-state index contributed by atoms with van der Waals surface area (Å²) in [7, 11) is 0. The van der Waals surface area contributed by atoms with Crippen LogP contribution in [0.3, 0.4) is 0 Å². The Morgan fingerprint density at radius 1 is 1.29 bits per heavy atom. The van der Waals surface area contributed by atoms with Gasteiger partial charge in [-0.3, -0.25) is 10.1 Å². The number of anilines is 1. The fraction of sp³-hybridized carbons (Fsp3) is 0.222. The van der Waals surface area contributed by atoms with Gasteiger partial charge in [-0.1, -0.05) is 35.9 Å². The SMILES string of the molecule is CCc1ccc2nc(NC(=O)COc3ccc(Cl)c(C)c3)sc2c1. The minimum atomic E-state index is -0.239. The number of amides is 1. The number of halogens is 1. The molecule has 0 atom stereocenters. The maximum Gasteiger partial charge on any atom is 0.264 e. The van der Waals surface area contributed by atoms with Crippen molar-refractivity contribution in [3.8, 4) is 5.75 Å². The van der Waals surface area contributed by atoms with Crippen molar-refractivity contribution in [3.05, 3.63) is 52.5 Å². The highest BCUT2D eigenvalue weighted by Crippen LogP contribution is 2.27. The number of aryl methyl sites for hydroxylation is 2. The van der Waals surface area contributed by atoms with Crippen molar-refractivity contribution in [3.63, 3.8) is 0 Å². The van der Waals surface area contributed by atoms with Gasteiger partial charge < -0.3 is 4.74 Å². The van der Waals surface area contributed by atoms with Gasteiger partial charge in [-0.25, -0.2) is 4.98 Å². The maximum atomic E-state index is 12.0. The lowest BCUT2D eigenvalue weighted by atomic mass is 10.2. The van der Waals surface area contributed by atoms with Crippen LogP contribution in [0, 0.1) is 6.92 Å². The molecule has 0 spiro atoms. The van der Waals surface area contributed by atoms with Gasteiger partial charge in [-0.15, -0.1) is 0 Å². The highest BCUT2D eigenvalue weighted by molar-refractivity contribution is 7.22. The molecule has 0 unspecified atom stereocenters. The number of nitrogens with one attached hydrogen (secondary N) is 1. The molecule has 0 saturated carbocycles. The summed E-state index contributed by atoms with van der Waals surface area (Å²) >= 11 is 7.43. The number of nitrogens with zero attached hydrogens (tertiary/aromatic N) is 1. The van der Waals surface area contributed by atoms with Crippen molar-refractivity contribution in [1.29, 1.82) is 0 Å². The summed E-state index contributed by atoms with van der Waals surface area (Å²) in [5, 5.41) is 4.04. The number of hydrogen-bond donors (Lipinski definition) is 1. The third-order valence-corrected chi connectivity index (χ3v) is 4.96. The lowest BCUT2D eigenvalue weighted by Crippen LogP contribution is -2.20. The van der Waals surface area contributed by atoms with E-state index in [0.29, 0.717) is 15.9 Å². The number of thiazole rings is 1. The first-order valence-electron chi connectivity index (χ1n) is 7.63. The van der Waals surface area contributed by atoms with Crippen molar-refractivity contribution in [1.82, 2.24) is 4.98 Å².